The summed E-state index contributed by atoms with van der Waals surface area (Å²) in [6.07, 6.45) is 5.86. The number of rotatable bonds is 6. The Morgan fingerprint density at radius 3 is 2.58 bits per heavy atom. The van der Waals surface area contributed by atoms with Crippen molar-refractivity contribution in [1.29, 1.82) is 0 Å². The van der Waals surface area contributed by atoms with E-state index in [1.807, 2.05) is 0 Å². The molecule has 0 radical (unpaired) electrons. The number of halogens is 2. The normalized spacial score (nSPS) is 15.8. The van der Waals surface area contributed by atoms with Crippen LogP contribution in [0.2, 0.25) is 5.02 Å². The van der Waals surface area contributed by atoms with Crippen molar-refractivity contribution in [2.24, 2.45) is 7.05 Å². The Morgan fingerprint density at radius 2 is 1.91 bits per heavy atom. The number of hydrogen-bond acceptors (Lipinski definition) is 4. The van der Waals surface area contributed by atoms with Crippen molar-refractivity contribution in [3.8, 4) is 0 Å². The van der Waals surface area contributed by atoms with Crippen LogP contribution in [0.4, 0.5) is 4.39 Å². The molecule has 1 aromatic heterocycles. The Morgan fingerprint density at radius 1 is 1.15 bits per heavy atom. The first-order valence-electron chi connectivity index (χ1n) is 10.6. The molecule has 0 saturated carbocycles. The fourth-order valence-corrected chi connectivity index (χ4v) is 5.96. The second kappa shape index (κ2) is 9.62. The van der Waals surface area contributed by atoms with Gasteiger partial charge in [-0.1, -0.05) is 30.2 Å². The van der Waals surface area contributed by atoms with Crippen LogP contribution in [0, 0.1) is 5.82 Å². The molecule has 10 heteroatoms. The van der Waals surface area contributed by atoms with Gasteiger partial charge in [-0.15, -0.1) is 0 Å². The molecule has 174 valence electrons. The molecule has 1 amide bonds. The maximum atomic E-state index is 13.9. The van der Waals surface area contributed by atoms with Crippen LogP contribution in [0.25, 0.3) is 0 Å². The first-order valence-corrected chi connectivity index (χ1v) is 12.4. The summed E-state index contributed by atoms with van der Waals surface area (Å²) in [5.74, 6) is -0.467. The van der Waals surface area contributed by atoms with Gasteiger partial charge in [0.15, 0.2) is 0 Å². The van der Waals surface area contributed by atoms with Gasteiger partial charge >= 0.3 is 0 Å². The van der Waals surface area contributed by atoms with Crippen molar-refractivity contribution in [2.45, 2.75) is 30.2 Å². The van der Waals surface area contributed by atoms with Crippen LogP contribution in [0.1, 0.15) is 47.1 Å². The molecule has 1 aliphatic rings. The number of hydrogen-bond donors (Lipinski definition) is 1. The Labute approximate surface area is 197 Å². The molecule has 1 N–H and O–H groups in total. The Hall–Kier alpha value is -2.75. The average molecular weight is 491 g/mol. The highest BCUT2D eigenvalue weighted by Crippen LogP contribution is 2.29. The van der Waals surface area contributed by atoms with Gasteiger partial charge in [0.2, 0.25) is 10.0 Å². The standard InChI is InChI=1S/C23H24ClFN4O3S/c1-28-13-10-26-22(28)21(16-6-5-7-18(25)14-16)27-23(30)17-8-9-19(24)20(15-17)33(31,32)29-11-3-2-4-12-29/h5-10,13-15,21H,2-4,11-12H2,1H3,(H,27,30)/t21-/m1/s1. The number of sulfonamides is 1. The molecule has 2 aromatic carbocycles. The predicted octanol–water partition coefficient (Wildman–Crippen LogP) is 3.91. The lowest BCUT2D eigenvalue weighted by Gasteiger charge is -2.26. The van der Waals surface area contributed by atoms with Crippen molar-refractivity contribution in [1.82, 2.24) is 19.2 Å². The molecule has 2 heterocycles. The number of aryl methyl sites for hydroxylation is 1. The summed E-state index contributed by atoms with van der Waals surface area (Å²) in [4.78, 5) is 17.4. The van der Waals surface area contributed by atoms with Gasteiger partial charge in [0.25, 0.3) is 5.91 Å². The first kappa shape index (κ1) is 23.4. The van der Waals surface area contributed by atoms with Crippen LogP contribution in [0.15, 0.2) is 59.8 Å². The van der Waals surface area contributed by atoms with Gasteiger partial charge in [0.05, 0.1) is 5.02 Å². The van der Waals surface area contributed by atoms with Crippen LogP contribution in [-0.4, -0.2) is 41.3 Å². The van der Waals surface area contributed by atoms with E-state index >= 15 is 0 Å². The molecule has 3 aromatic rings. The fourth-order valence-electron chi connectivity index (χ4n) is 3.94. The number of nitrogens with zero attached hydrogens (tertiary/aromatic N) is 3. The molecule has 1 atom stereocenters. The molecule has 1 fully saturated rings. The van der Waals surface area contributed by atoms with Gasteiger partial charge in [-0.05, 0) is 48.7 Å². The summed E-state index contributed by atoms with van der Waals surface area (Å²) >= 11 is 6.23. The van der Waals surface area contributed by atoms with Crippen LogP contribution in [-0.2, 0) is 17.1 Å². The van der Waals surface area contributed by atoms with Crippen molar-refractivity contribution in [2.75, 3.05) is 13.1 Å². The van der Waals surface area contributed by atoms with Crippen LogP contribution in [0.3, 0.4) is 0 Å². The van der Waals surface area contributed by atoms with E-state index in [1.54, 1.807) is 36.1 Å². The van der Waals surface area contributed by atoms with Gasteiger partial charge < -0.3 is 9.88 Å². The number of nitrogens with one attached hydrogen (secondary N) is 1. The number of imidazole rings is 1. The quantitative estimate of drug-likeness (QED) is 0.568. The Balaban J connectivity index is 1.67. The minimum Gasteiger partial charge on any atom is -0.338 e. The van der Waals surface area contributed by atoms with Crippen LogP contribution < -0.4 is 5.32 Å². The van der Waals surface area contributed by atoms with Gasteiger partial charge in [-0.2, -0.15) is 4.31 Å². The summed E-state index contributed by atoms with van der Waals surface area (Å²) < 4.78 is 43.3. The van der Waals surface area contributed by atoms with Gasteiger partial charge in [0, 0.05) is 38.1 Å². The van der Waals surface area contributed by atoms with E-state index < -0.39 is 27.8 Å². The van der Waals surface area contributed by atoms with Gasteiger partial charge in [-0.25, -0.2) is 17.8 Å². The average Bonchev–Trinajstić information content (AvgIpc) is 3.23. The molecule has 33 heavy (non-hydrogen) atoms. The monoisotopic (exact) mass is 490 g/mol. The molecule has 7 nitrogen and oxygen atoms in total. The topological polar surface area (TPSA) is 84.3 Å². The molecule has 0 bridgehead atoms. The smallest absolute Gasteiger partial charge is 0.252 e. The third-order valence-corrected chi connectivity index (χ3v) is 8.08. The molecule has 4 rings (SSSR count). The minimum atomic E-state index is -3.83. The highest BCUT2D eigenvalue weighted by molar-refractivity contribution is 7.89. The predicted molar refractivity (Wildman–Crippen MR) is 123 cm³/mol. The lowest BCUT2D eigenvalue weighted by molar-refractivity contribution is 0.0941. The maximum absolute atomic E-state index is 13.9. The Bertz CT molecular complexity index is 1270. The summed E-state index contributed by atoms with van der Waals surface area (Å²) in [7, 11) is -2.06. The van der Waals surface area contributed by atoms with Crippen molar-refractivity contribution < 1.29 is 17.6 Å². The van der Waals surface area contributed by atoms with E-state index in [0.717, 1.165) is 19.3 Å². The number of piperidine rings is 1. The van der Waals surface area contributed by atoms with Crippen LogP contribution in [0.5, 0.6) is 0 Å². The lowest BCUT2D eigenvalue weighted by Crippen LogP contribution is -2.36. The molecular formula is C23H24ClFN4O3S. The summed E-state index contributed by atoms with van der Waals surface area (Å²) in [5.41, 5.74) is 0.637. The van der Waals surface area contributed by atoms with Gasteiger partial charge in [0.1, 0.15) is 22.6 Å². The fraction of sp³-hybridized carbons (Fsp3) is 0.304. The number of carbonyl (C=O) groups excluding carboxylic acids is 1. The molecule has 1 saturated heterocycles. The minimum absolute atomic E-state index is 0.0582. The first-order chi connectivity index (χ1) is 15.8. The second-order valence-electron chi connectivity index (χ2n) is 7.97. The number of aromatic nitrogens is 2. The number of amides is 1. The largest absolute Gasteiger partial charge is 0.338 e. The number of carbonyl (C=O) groups is 1. The zero-order valence-electron chi connectivity index (χ0n) is 18.0. The van der Waals surface area contributed by atoms with E-state index in [0.29, 0.717) is 24.5 Å². The van der Waals surface area contributed by atoms with E-state index in [-0.39, 0.29) is 15.5 Å². The summed E-state index contributed by atoms with van der Waals surface area (Å²) in [5, 5.41) is 2.92. The van der Waals surface area contributed by atoms with Gasteiger partial charge in [-0.3, -0.25) is 4.79 Å². The van der Waals surface area contributed by atoms with E-state index in [1.165, 1.54) is 34.6 Å². The van der Waals surface area contributed by atoms with Crippen LogP contribution >= 0.6 is 11.6 Å². The second-order valence-corrected chi connectivity index (χ2v) is 10.3. The molecule has 0 unspecified atom stereocenters. The molecule has 0 aliphatic carbocycles. The summed E-state index contributed by atoms with van der Waals surface area (Å²) in [6.45, 7) is 0.853. The SMILES string of the molecule is Cn1ccnc1[C@H](NC(=O)c1ccc(Cl)c(S(=O)(=O)N2CCCCC2)c1)c1cccc(F)c1. The zero-order valence-corrected chi connectivity index (χ0v) is 19.6. The Kier molecular flexibility index (Phi) is 6.83. The van der Waals surface area contributed by atoms with Crippen molar-refractivity contribution in [3.63, 3.8) is 0 Å². The highest BCUT2D eigenvalue weighted by atomic mass is 35.5. The maximum Gasteiger partial charge on any atom is 0.252 e. The highest BCUT2D eigenvalue weighted by Gasteiger charge is 2.29. The zero-order chi connectivity index (χ0) is 23.6. The van der Waals surface area contributed by atoms with E-state index in [4.69, 9.17) is 11.6 Å². The van der Waals surface area contributed by atoms with Crippen molar-refractivity contribution in [3.05, 3.63) is 82.6 Å². The lowest BCUT2D eigenvalue weighted by atomic mass is 10.0. The number of benzene rings is 2. The van der Waals surface area contributed by atoms with Crippen molar-refractivity contribution >= 4 is 27.5 Å². The summed E-state index contributed by atoms with van der Waals surface area (Å²) in [6, 6.07) is 9.31. The molecular weight excluding hydrogens is 467 g/mol. The van der Waals surface area contributed by atoms with E-state index in [2.05, 4.69) is 10.3 Å². The molecule has 0 spiro atoms. The molecule has 1 aliphatic heterocycles. The third kappa shape index (κ3) is 4.95. The van der Waals surface area contributed by atoms with E-state index in [9.17, 15) is 17.6 Å². The third-order valence-electron chi connectivity index (χ3n) is 5.70.